The second kappa shape index (κ2) is 8.37. The molecule has 2 aromatic carbocycles. The average molecular weight is 420 g/mol. The molecule has 1 atom stereocenters. The molecule has 6 heteroatoms. The van der Waals surface area contributed by atoms with Gasteiger partial charge in [-0.2, -0.15) is 0 Å². The molecule has 1 unspecified atom stereocenters. The lowest BCUT2D eigenvalue weighted by molar-refractivity contribution is 0.290. The number of phenolic OH excluding ortho intramolecular Hbond substituents is 1. The van der Waals surface area contributed by atoms with Crippen LogP contribution in [-0.4, -0.2) is 32.1 Å². The number of aromatic hydroxyl groups is 1. The van der Waals surface area contributed by atoms with Crippen molar-refractivity contribution in [1.29, 1.82) is 0 Å². The molecule has 1 N–H and O–H groups in total. The molecule has 0 amide bonds. The predicted molar refractivity (Wildman–Crippen MR) is 118 cm³/mol. The highest BCUT2D eigenvalue weighted by Crippen LogP contribution is 2.46. The highest BCUT2D eigenvalue weighted by molar-refractivity contribution is 7.98. The van der Waals surface area contributed by atoms with E-state index in [1.165, 1.54) is 17.8 Å². The van der Waals surface area contributed by atoms with Crippen molar-refractivity contribution in [3.8, 4) is 5.75 Å². The molecule has 0 fully saturated rings. The van der Waals surface area contributed by atoms with E-state index in [0.29, 0.717) is 17.1 Å². The van der Waals surface area contributed by atoms with Crippen LogP contribution in [0.1, 0.15) is 39.5 Å². The topological polar surface area (TPSA) is 57.6 Å². The fraction of sp³-hybridized carbons (Fsp3) is 0.455. The molecule has 4 nitrogen and oxygen atoms in total. The largest absolute Gasteiger partial charge is 0.507 e. The quantitative estimate of drug-likeness (QED) is 0.615. The summed E-state index contributed by atoms with van der Waals surface area (Å²) in [4.78, 5) is 3.06. The van der Waals surface area contributed by atoms with Gasteiger partial charge < -0.3 is 10.0 Å². The molecule has 1 aliphatic heterocycles. The Morgan fingerprint density at radius 2 is 1.89 bits per heavy atom. The Hall–Kier alpha value is -1.66. The zero-order valence-corrected chi connectivity index (χ0v) is 18.4. The minimum absolute atomic E-state index is 0.0281. The van der Waals surface area contributed by atoms with Crippen LogP contribution in [0.5, 0.6) is 5.75 Å². The van der Waals surface area contributed by atoms with Gasteiger partial charge in [0.15, 0.2) is 9.84 Å². The van der Waals surface area contributed by atoms with E-state index in [4.69, 9.17) is 0 Å². The molecule has 3 rings (SSSR count). The minimum atomic E-state index is -3.53. The van der Waals surface area contributed by atoms with E-state index in [2.05, 4.69) is 18.7 Å². The highest BCUT2D eigenvalue weighted by Gasteiger charge is 2.41. The Morgan fingerprint density at radius 1 is 1.18 bits per heavy atom. The first-order chi connectivity index (χ1) is 13.4. The molecular formula is C22H29NO3S2. The van der Waals surface area contributed by atoms with Crippen molar-refractivity contribution < 1.29 is 13.5 Å². The molecule has 152 valence electrons. The zero-order valence-electron chi connectivity index (χ0n) is 16.8. The first kappa shape index (κ1) is 21.1. The summed E-state index contributed by atoms with van der Waals surface area (Å²) in [5.41, 5.74) is 1.33. The Bertz CT molecular complexity index is 928. The number of nitrogens with zero attached hydrogens (tertiary/aromatic N) is 1. The van der Waals surface area contributed by atoms with Gasteiger partial charge in [-0.05, 0) is 37.3 Å². The number of rotatable bonds is 6. The number of phenols is 1. The number of para-hydroxylation sites is 1. The van der Waals surface area contributed by atoms with E-state index in [1.807, 2.05) is 42.7 Å². The summed E-state index contributed by atoms with van der Waals surface area (Å²) < 4.78 is 26.8. The van der Waals surface area contributed by atoms with Gasteiger partial charge in [-0.3, -0.25) is 0 Å². The maximum absolute atomic E-state index is 13.4. The van der Waals surface area contributed by atoms with Crippen LogP contribution in [0.4, 0.5) is 11.4 Å². The predicted octanol–water partition coefficient (Wildman–Crippen LogP) is 5.63. The Labute approximate surface area is 172 Å². The van der Waals surface area contributed by atoms with Crippen LogP contribution in [0, 0.1) is 5.41 Å². The van der Waals surface area contributed by atoms with Crippen molar-refractivity contribution in [2.75, 3.05) is 23.5 Å². The van der Waals surface area contributed by atoms with Crippen molar-refractivity contribution in [1.82, 2.24) is 0 Å². The Morgan fingerprint density at radius 3 is 2.50 bits per heavy atom. The molecule has 0 radical (unpaired) electrons. The van der Waals surface area contributed by atoms with Gasteiger partial charge in [-0.25, -0.2) is 8.42 Å². The number of anilines is 2. The number of benzene rings is 2. The van der Waals surface area contributed by atoms with Gasteiger partial charge in [0.05, 0.1) is 21.2 Å². The van der Waals surface area contributed by atoms with E-state index >= 15 is 0 Å². The first-order valence-electron chi connectivity index (χ1n) is 9.82. The Balaban J connectivity index is 2.25. The lowest BCUT2D eigenvalue weighted by Crippen LogP contribution is -2.37. The van der Waals surface area contributed by atoms with Gasteiger partial charge in [0.25, 0.3) is 0 Å². The van der Waals surface area contributed by atoms with Gasteiger partial charge in [-0.1, -0.05) is 44.9 Å². The fourth-order valence-electron chi connectivity index (χ4n) is 4.04. The number of unbranched alkanes of at least 4 members (excludes halogenated alkanes) is 1. The summed E-state index contributed by atoms with van der Waals surface area (Å²) >= 11 is 1.42. The highest BCUT2D eigenvalue weighted by atomic mass is 32.2. The third-order valence-corrected chi connectivity index (χ3v) is 8.51. The number of thioether (sulfide) groups is 1. The number of fused-ring (bicyclic) bond motifs is 1. The van der Waals surface area contributed by atoms with Gasteiger partial charge in [0, 0.05) is 23.7 Å². The third-order valence-electron chi connectivity index (χ3n) is 5.75. The van der Waals surface area contributed by atoms with Crippen molar-refractivity contribution in [2.45, 2.75) is 49.3 Å². The maximum atomic E-state index is 13.4. The summed E-state index contributed by atoms with van der Waals surface area (Å²) in [6.07, 6.45) is 5.60. The lowest BCUT2D eigenvalue weighted by Gasteiger charge is -2.36. The minimum Gasteiger partial charge on any atom is -0.507 e. The van der Waals surface area contributed by atoms with Gasteiger partial charge in [0.2, 0.25) is 0 Å². The summed E-state index contributed by atoms with van der Waals surface area (Å²) in [5, 5.41) is 10.4. The van der Waals surface area contributed by atoms with E-state index < -0.39 is 9.84 Å². The van der Waals surface area contributed by atoms with Crippen LogP contribution in [0.2, 0.25) is 0 Å². The summed E-state index contributed by atoms with van der Waals surface area (Å²) in [6.45, 7) is 4.88. The standard InChI is InChI=1S/C22H29NO3S2/c1-4-6-12-22(5-2)15-23(17-10-8-7-9-11-17)18-13-20(27-3)19(24)14-21(18)28(25,26)16-22/h7-11,13-14,24H,4-6,12,15-16H2,1-3H3. The molecule has 1 aliphatic rings. The van der Waals surface area contributed by atoms with Gasteiger partial charge in [-0.15, -0.1) is 11.8 Å². The zero-order chi connectivity index (χ0) is 20.4. The molecule has 2 aromatic rings. The second-order valence-electron chi connectivity index (χ2n) is 7.63. The monoisotopic (exact) mass is 419 g/mol. The first-order valence-corrected chi connectivity index (χ1v) is 12.7. The maximum Gasteiger partial charge on any atom is 0.181 e. The number of sulfone groups is 1. The number of hydrogen-bond acceptors (Lipinski definition) is 5. The normalized spacial score (nSPS) is 21.2. The average Bonchev–Trinajstić information content (AvgIpc) is 2.79. The van der Waals surface area contributed by atoms with Crippen molar-refractivity contribution in [2.24, 2.45) is 5.41 Å². The number of hydrogen-bond donors (Lipinski definition) is 1. The van der Waals surface area contributed by atoms with Crippen molar-refractivity contribution in [3.05, 3.63) is 42.5 Å². The van der Waals surface area contributed by atoms with Crippen LogP contribution in [0.3, 0.4) is 0 Å². The van der Waals surface area contributed by atoms with Crippen molar-refractivity contribution >= 4 is 33.0 Å². The summed E-state index contributed by atoms with van der Waals surface area (Å²) in [5.74, 6) is 0.144. The summed E-state index contributed by atoms with van der Waals surface area (Å²) in [7, 11) is -3.53. The summed E-state index contributed by atoms with van der Waals surface area (Å²) in [6, 6.07) is 13.2. The van der Waals surface area contributed by atoms with Crippen LogP contribution >= 0.6 is 11.8 Å². The van der Waals surface area contributed by atoms with E-state index in [0.717, 1.165) is 31.4 Å². The Kier molecular flexibility index (Phi) is 6.30. The van der Waals surface area contributed by atoms with Crippen molar-refractivity contribution in [3.63, 3.8) is 0 Å². The molecule has 1 heterocycles. The van der Waals surface area contributed by atoms with Crippen LogP contribution in [0.15, 0.2) is 52.3 Å². The molecule has 0 saturated heterocycles. The van der Waals surface area contributed by atoms with E-state index in [-0.39, 0.29) is 21.8 Å². The van der Waals surface area contributed by atoms with Gasteiger partial charge in [0.1, 0.15) is 5.75 Å². The molecule has 0 spiro atoms. The van der Waals surface area contributed by atoms with Crippen LogP contribution < -0.4 is 4.90 Å². The lowest BCUT2D eigenvalue weighted by atomic mass is 9.81. The molecule has 0 aromatic heterocycles. The molecule has 0 bridgehead atoms. The SMILES string of the molecule is CCCCC1(CC)CN(c2ccccc2)c2cc(SC)c(O)cc2S(=O)(=O)C1. The van der Waals surface area contributed by atoms with E-state index in [1.54, 1.807) is 0 Å². The smallest absolute Gasteiger partial charge is 0.181 e. The molecule has 0 saturated carbocycles. The third kappa shape index (κ3) is 4.03. The molecular weight excluding hydrogens is 390 g/mol. The molecule has 0 aliphatic carbocycles. The van der Waals surface area contributed by atoms with Crippen LogP contribution in [0.25, 0.3) is 0 Å². The van der Waals surface area contributed by atoms with Gasteiger partial charge >= 0.3 is 0 Å². The van der Waals surface area contributed by atoms with Crippen LogP contribution in [-0.2, 0) is 9.84 Å². The van der Waals surface area contributed by atoms with E-state index in [9.17, 15) is 13.5 Å². The molecule has 28 heavy (non-hydrogen) atoms. The second-order valence-corrected chi connectivity index (χ2v) is 10.4. The fourth-order valence-corrected chi connectivity index (χ4v) is 6.72.